The molecule has 0 saturated carbocycles. The summed E-state index contributed by atoms with van der Waals surface area (Å²) in [5.41, 5.74) is 1.97. The minimum atomic E-state index is -0.534. The van der Waals surface area contributed by atoms with Gasteiger partial charge in [-0.2, -0.15) is 0 Å². The van der Waals surface area contributed by atoms with Crippen LogP contribution in [0.3, 0.4) is 0 Å². The van der Waals surface area contributed by atoms with Crippen LogP contribution in [-0.2, 0) is 17.7 Å². The van der Waals surface area contributed by atoms with Crippen molar-refractivity contribution < 1.29 is 13.9 Å². The predicted molar refractivity (Wildman–Crippen MR) is 136 cm³/mol. The first-order valence-electron chi connectivity index (χ1n) is 11.2. The molecule has 0 spiro atoms. The molecule has 6 nitrogen and oxygen atoms in total. The Balaban J connectivity index is 1.37. The van der Waals surface area contributed by atoms with Crippen molar-refractivity contribution in [1.29, 1.82) is 0 Å². The number of aryl methyl sites for hydroxylation is 1. The number of rotatable bonds is 10. The first-order valence-corrected chi connectivity index (χ1v) is 11.6. The van der Waals surface area contributed by atoms with Crippen LogP contribution in [0.5, 0.6) is 0 Å². The van der Waals surface area contributed by atoms with E-state index in [1.165, 1.54) is 12.3 Å². The summed E-state index contributed by atoms with van der Waals surface area (Å²) in [6, 6.07) is 19.8. The zero-order valence-electron chi connectivity index (χ0n) is 18.9. The molecular formula is C27H25ClFN3O3. The molecular weight excluding hydrogens is 469 g/mol. The van der Waals surface area contributed by atoms with E-state index < -0.39 is 17.2 Å². The number of pyridine rings is 1. The van der Waals surface area contributed by atoms with Crippen molar-refractivity contribution in [3.8, 4) is 0 Å². The minimum absolute atomic E-state index is 0.0710. The van der Waals surface area contributed by atoms with E-state index in [2.05, 4.69) is 15.6 Å². The topological polar surface area (TPSA) is 83.2 Å². The lowest BCUT2D eigenvalue weighted by molar-refractivity contribution is 0.0949. The van der Waals surface area contributed by atoms with Gasteiger partial charge in [0.1, 0.15) is 18.1 Å². The molecule has 0 aliphatic rings. The number of hydrogen-bond donors (Lipinski definition) is 3. The van der Waals surface area contributed by atoms with Crippen molar-refractivity contribution in [3.63, 3.8) is 0 Å². The van der Waals surface area contributed by atoms with Crippen LogP contribution in [-0.4, -0.2) is 24.2 Å². The van der Waals surface area contributed by atoms with E-state index in [1.807, 2.05) is 30.3 Å². The monoisotopic (exact) mass is 493 g/mol. The van der Waals surface area contributed by atoms with Crippen molar-refractivity contribution in [2.45, 2.75) is 19.4 Å². The number of halogens is 2. The van der Waals surface area contributed by atoms with Crippen molar-refractivity contribution in [3.05, 3.63) is 111 Å². The van der Waals surface area contributed by atoms with Crippen LogP contribution < -0.4 is 16.1 Å². The van der Waals surface area contributed by atoms with Gasteiger partial charge >= 0.3 is 0 Å². The summed E-state index contributed by atoms with van der Waals surface area (Å²) in [6.07, 6.45) is 2.43. The highest BCUT2D eigenvalue weighted by atomic mass is 35.5. The van der Waals surface area contributed by atoms with E-state index >= 15 is 0 Å². The molecule has 0 bridgehead atoms. The van der Waals surface area contributed by atoms with Crippen LogP contribution in [0, 0.1) is 5.82 Å². The maximum atomic E-state index is 14.7. The fourth-order valence-electron chi connectivity index (χ4n) is 3.68. The van der Waals surface area contributed by atoms with Gasteiger partial charge in [0.2, 0.25) is 5.43 Å². The van der Waals surface area contributed by atoms with Gasteiger partial charge in [-0.25, -0.2) is 4.39 Å². The second-order valence-corrected chi connectivity index (χ2v) is 8.48. The van der Waals surface area contributed by atoms with Gasteiger partial charge in [0, 0.05) is 35.4 Å². The number of carbonyl (C=O) groups excluding carboxylic acids is 1. The zero-order valence-corrected chi connectivity index (χ0v) is 19.7. The third kappa shape index (κ3) is 6.47. The molecule has 180 valence electrons. The van der Waals surface area contributed by atoms with Gasteiger partial charge in [-0.3, -0.25) is 9.59 Å². The molecule has 1 amide bonds. The van der Waals surface area contributed by atoms with E-state index in [0.29, 0.717) is 36.8 Å². The summed E-state index contributed by atoms with van der Waals surface area (Å²) in [6.45, 7) is 1.08. The minimum Gasteiger partial charge on any atom is -0.363 e. The number of anilines is 1. The number of H-pyrrole nitrogens is 1. The van der Waals surface area contributed by atoms with Gasteiger partial charge in [0.05, 0.1) is 5.52 Å². The Morgan fingerprint density at radius 1 is 1.03 bits per heavy atom. The molecule has 0 fully saturated rings. The molecule has 0 radical (unpaired) electrons. The summed E-state index contributed by atoms with van der Waals surface area (Å²) < 4.78 is 20.2. The summed E-state index contributed by atoms with van der Waals surface area (Å²) in [7, 11) is 0. The quantitative estimate of drug-likeness (QED) is 0.207. The van der Waals surface area contributed by atoms with Gasteiger partial charge in [-0.05, 0) is 60.4 Å². The standard InChI is InChI=1S/C27H25ClFN3O3/c28-20-10-8-18(9-11-20)15-31-27(34)23-16-30-25-22(26(23)33)13-19(14-24(25)29)5-4-12-35-17-32-21-6-2-1-3-7-21/h1-3,6-11,13-14,16,32H,4-5,12,15,17H2,(H,30,33)(H,31,34). The van der Waals surface area contributed by atoms with Gasteiger partial charge in [-0.1, -0.05) is 41.9 Å². The van der Waals surface area contributed by atoms with Crippen molar-refractivity contribution in [1.82, 2.24) is 10.3 Å². The smallest absolute Gasteiger partial charge is 0.257 e. The average molecular weight is 494 g/mol. The maximum absolute atomic E-state index is 14.7. The fourth-order valence-corrected chi connectivity index (χ4v) is 3.80. The van der Waals surface area contributed by atoms with E-state index in [-0.39, 0.29) is 23.0 Å². The Hall–Kier alpha value is -3.68. The summed E-state index contributed by atoms with van der Waals surface area (Å²) in [5.74, 6) is -1.07. The lowest BCUT2D eigenvalue weighted by atomic mass is 10.0. The van der Waals surface area contributed by atoms with Crippen molar-refractivity contribution in [2.75, 3.05) is 18.7 Å². The number of aromatic amines is 1. The Labute approximate surface area is 207 Å². The molecule has 0 aliphatic heterocycles. The first kappa shape index (κ1) is 24.4. The molecule has 35 heavy (non-hydrogen) atoms. The van der Waals surface area contributed by atoms with E-state index in [9.17, 15) is 14.0 Å². The predicted octanol–water partition coefficient (Wildman–Crippen LogP) is 5.27. The highest BCUT2D eigenvalue weighted by Crippen LogP contribution is 2.17. The average Bonchev–Trinajstić information content (AvgIpc) is 2.87. The van der Waals surface area contributed by atoms with Gasteiger partial charge < -0.3 is 20.4 Å². The zero-order chi connectivity index (χ0) is 24.6. The number of aromatic nitrogens is 1. The number of ether oxygens (including phenoxy) is 1. The molecule has 0 atom stereocenters. The lowest BCUT2D eigenvalue weighted by Crippen LogP contribution is -2.28. The highest BCUT2D eigenvalue weighted by Gasteiger charge is 2.15. The Kier molecular flexibility index (Phi) is 8.13. The number of para-hydroxylation sites is 1. The van der Waals surface area contributed by atoms with Crippen LogP contribution in [0.4, 0.5) is 10.1 Å². The van der Waals surface area contributed by atoms with E-state index in [4.69, 9.17) is 16.3 Å². The number of amides is 1. The molecule has 0 unspecified atom stereocenters. The number of nitrogens with one attached hydrogen (secondary N) is 3. The van der Waals surface area contributed by atoms with Gasteiger partial charge in [0.25, 0.3) is 5.91 Å². The summed E-state index contributed by atoms with van der Waals surface area (Å²) in [4.78, 5) is 28.4. The SMILES string of the molecule is O=C(NCc1ccc(Cl)cc1)c1c[nH]c2c(F)cc(CCCOCNc3ccccc3)cc2c1=O. The van der Waals surface area contributed by atoms with E-state index in [0.717, 1.165) is 11.3 Å². The lowest BCUT2D eigenvalue weighted by Gasteiger charge is -2.09. The Bertz CT molecular complexity index is 1360. The molecule has 3 N–H and O–H groups in total. The molecule has 1 aromatic heterocycles. The van der Waals surface area contributed by atoms with Gasteiger partial charge in [-0.15, -0.1) is 0 Å². The summed E-state index contributed by atoms with van der Waals surface area (Å²) >= 11 is 5.88. The molecule has 0 aliphatic carbocycles. The Morgan fingerprint density at radius 3 is 2.57 bits per heavy atom. The fraction of sp³-hybridized carbons (Fsp3) is 0.185. The van der Waals surface area contributed by atoms with Crippen LogP contribution in [0.1, 0.15) is 27.9 Å². The summed E-state index contributed by atoms with van der Waals surface area (Å²) in [5, 5.41) is 6.61. The molecule has 8 heteroatoms. The first-order chi connectivity index (χ1) is 17.0. The van der Waals surface area contributed by atoms with E-state index in [1.54, 1.807) is 30.3 Å². The normalized spacial score (nSPS) is 10.9. The molecule has 0 saturated heterocycles. The maximum Gasteiger partial charge on any atom is 0.257 e. The largest absolute Gasteiger partial charge is 0.363 e. The number of benzene rings is 3. The number of carbonyl (C=O) groups is 1. The molecule has 3 aromatic carbocycles. The second-order valence-electron chi connectivity index (χ2n) is 8.04. The second kappa shape index (κ2) is 11.6. The number of fused-ring (bicyclic) bond motifs is 1. The third-order valence-corrected chi connectivity index (χ3v) is 5.77. The van der Waals surface area contributed by atoms with Crippen LogP contribution in [0.15, 0.2) is 77.7 Å². The molecule has 4 aromatic rings. The van der Waals surface area contributed by atoms with Crippen LogP contribution >= 0.6 is 11.6 Å². The molecule has 1 heterocycles. The third-order valence-electron chi connectivity index (χ3n) is 5.52. The van der Waals surface area contributed by atoms with Crippen LogP contribution in [0.25, 0.3) is 10.9 Å². The molecule has 4 rings (SSSR count). The van der Waals surface area contributed by atoms with Crippen molar-refractivity contribution >= 4 is 34.1 Å². The van der Waals surface area contributed by atoms with Gasteiger partial charge in [0.15, 0.2) is 0 Å². The Morgan fingerprint density at radius 2 is 1.80 bits per heavy atom. The number of hydrogen-bond acceptors (Lipinski definition) is 4. The highest BCUT2D eigenvalue weighted by molar-refractivity contribution is 6.30. The van der Waals surface area contributed by atoms with Crippen LogP contribution in [0.2, 0.25) is 5.02 Å². The van der Waals surface area contributed by atoms with Crippen molar-refractivity contribution in [2.24, 2.45) is 0 Å².